The normalized spacial score (nSPS) is 40.3. The highest BCUT2D eigenvalue weighted by Gasteiger charge is 2.42. The maximum absolute atomic E-state index is 12.1. The number of hydrogen-bond acceptors (Lipinski definition) is 3. The minimum absolute atomic E-state index is 0.0481. The van der Waals surface area contributed by atoms with Gasteiger partial charge in [-0.05, 0) is 62.2 Å². The fourth-order valence-corrected chi connectivity index (χ4v) is 5.57. The van der Waals surface area contributed by atoms with E-state index in [4.69, 9.17) is 9.47 Å². The van der Waals surface area contributed by atoms with Crippen molar-refractivity contribution >= 4 is 21.9 Å². The highest BCUT2D eigenvalue weighted by Crippen LogP contribution is 2.46. The van der Waals surface area contributed by atoms with Crippen LogP contribution in [0.1, 0.15) is 65.7 Å². The molecule has 4 heteroatoms. The van der Waals surface area contributed by atoms with Crippen molar-refractivity contribution in [3.8, 4) is 0 Å². The van der Waals surface area contributed by atoms with Crippen molar-refractivity contribution in [2.75, 3.05) is 13.7 Å². The molecule has 0 bridgehead atoms. The summed E-state index contributed by atoms with van der Waals surface area (Å²) < 4.78 is 11.2. The Bertz CT molecular complexity index is 400. The van der Waals surface area contributed by atoms with Gasteiger partial charge < -0.3 is 9.47 Å². The Morgan fingerprint density at radius 2 is 1.88 bits per heavy atom. The molecule has 0 heterocycles. The molecule has 0 aromatic heterocycles. The second kappa shape index (κ2) is 9.56. The Balaban J connectivity index is 2.01. The molecule has 7 unspecified atom stereocenters. The third-order valence-corrected chi connectivity index (χ3v) is 7.64. The smallest absolute Gasteiger partial charge is 0.311 e. The van der Waals surface area contributed by atoms with Crippen molar-refractivity contribution in [2.45, 2.75) is 76.6 Å². The molecule has 2 fully saturated rings. The molecule has 2 aliphatic rings. The van der Waals surface area contributed by atoms with E-state index in [1.807, 2.05) is 0 Å². The quantitative estimate of drug-likeness (QED) is 0.347. The number of carbonyl (C=O) groups excluding carboxylic acids is 1. The minimum Gasteiger partial charge on any atom is -0.469 e. The van der Waals surface area contributed by atoms with Crippen LogP contribution in [0.3, 0.4) is 0 Å². The molecule has 0 aromatic rings. The second-order valence-electron chi connectivity index (χ2n) is 8.07. The molecular weight excluding hydrogens is 368 g/mol. The number of alkyl halides is 1. The van der Waals surface area contributed by atoms with Crippen LogP contribution in [-0.2, 0) is 14.3 Å². The third kappa shape index (κ3) is 4.97. The summed E-state index contributed by atoms with van der Waals surface area (Å²) >= 11 is 3.85. The number of rotatable bonds is 6. The molecule has 0 aromatic carbocycles. The average Bonchev–Trinajstić information content (AvgIpc) is 2.57. The van der Waals surface area contributed by atoms with Gasteiger partial charge in [0.2, 0.25) is 0 Å². The molecular formula is C20H35BrO3. The van der Waals surface area contributed by atoms with Crippen LogP contribution < -0.4 is 0 Å². The molecule has 2 rings (SSSR count). The number of hydrogen-bond donors (Lipinski definition) is 0. The highest BCUT2D eigenvalue weighted by atomic mass is 79.9. The number of ether oxygens (including phenoxy) is 2. The lowest BCUT2D eigenvalue weighted by atomic mass is 9.64. The number of halogens is 1. The van der Waals surface area contributed by atoms with Crippen molar-refractivity contribution in [2.24, 2.45) is 29.6 Å². The van der Waals surface area contributed by atoms with Gasteiger partial charge in [-0.25, -0.2) is 0 Å². The highest BCUT2D eigenvalue weighted by molar-refractivity contribution is 9.09. The Kier molecular flexibility index (Phi) is 8.06. The zero-order valence-corrected chi connectivity index (χ0v) is 17.4. The molecule has 24 heavy (non-hydrogen) atoms. The van der Waals surface area contributed by atoms with E-state index in [0.717, 1.165) is 56.5 Å². The van der Waals surface area contributed by atoms with Crippen molar-refractivity contribution in [1.29, 1.82) is 0 Å². The molecule has 0 aliphatic heterocycles. The van der Waals surface area contributed by atoms with Crippen LogP contribution in [0.2, 0.25) is 0 Å². The Morgan fingerprint density at radius 1 is 1.12 bits per heavy atom. The number of esters is 1. The first-order valence-corrected chi connectivity index (χ1v) is 10.7. The second-order valence-corrected chi connectivity index (χ2v) is 9.25. The van der Waals surface area contributed by atoms with Gasteiger partial charge >= 0.3 is 5.97 Å². The van der Waals surface area contributed by atoms with Gasteiger partial charge in [0.15, 0.2) is 0 Å². The van der Waals surface area contributed by atoms with Crippen LogP contribution in [0.15, 0.2) is 0 Å². The van der Waals surface area contributed by atoms with Gasteiger partial charge in [0, 0.05) is 11.4 Å². The van der Waals surface area contributed by atoms with Crippen molar-refractivity contribution in [1.82, 2.24) is 0 Å². The van der Waals surface area contributed by atoms with Crippen LogP contribution in [0, 0.1) is 29.6 Å². The SMILES string of the molecule is CCCCOC1CC(C2CC(C)C(Br)CC2C)CCC1C(=O)OC. The molecule has 140 valence electrons. The molecule has 0 spiro atoms. The molecule has 7 atom stereocenters. The van der Waals surface area contributed by atoms with Gasteiger partial charge in [-0.2, -0.15) is 0 Å². The van der Waals surface area contributed by atoms with E-state index in [-0.39, 0.29) is 18.0 Å². The van der Waals surface area contributed by atoms with Crippen molar-refractivity contribution in [3.05, 3.63) is 0 Å². The Labute approximate surface area is 156 Å². The predicted octanol–water partition coefficient (Wildman–Crippen LogP) is 5.21. The van der Waals surface area contributed by atoms with E-state index in [1.54, 1.807) is 0 Å². The third-order valence-electron chi connectivity index (χ3n) is 6.36. The van der Waals surface area contributed by atoms with E-state index in [2.05, 4.69) is 36.7 Å². The summed E-state index contributed by atoms with van der Waals surface area (Å²) in [6.07, 6.45) is 7.90. The van der Waals surface area contributed by atoms with Crippen LogP contribution in [0.5, 0.6) is 0 Å². The molecule has 3 nitrogen and oxygen atoms in total. The zero-order valence-electron chi connectivity index (χ0n) is 15.8. The average molecular weight is 403 g/mol. The van der Waals surface area contributed by atoms with Crippen LogP contribution >= 0.6 is 15.9 Å². The van der Waals surface area contributed by atoms with Crippen molar-refractivity contribution < 1.29 is 14.3 Å². The summed E-state index contributed by atoms with van der Waals surface area (Å²) in [7, 11) is 1.50. The lowest BCUT2D eigenvalue weighted by Gasteiger charge is -2.44. The molecule has 2 aliphatic carbocycles. The maximum atomic E-state index is 12.1. The van der Waals surface area contributed by atoms with Gasteiger partial charge in [0.1, 0.15) is 0 Å². The Morgan fingerprint density at radius 3 is 2.54 bits per heavy atom. The lowest BCUT2D eigenvalue weighted by molar-refractivity contribution is -0.155. The van der Waals surface area contributed by atoms with E-state index in [9.17, 15) is 4.79 Å². The summed E-state index contributed by atoms with van der Waals surface area (Å²) in [6.45, 7) is 7.71. The number of methoxy groups -OCH3 is 1. The van der Waals surface area contributed by atoms with Gasteiger partial charge in [-0.15, -0.1) is 0 Å². The minimum atomic E-state index is -0.0828. The summed E-state index contributed by atoms with van der Waals surface area (Å²) in [5.41, 5.74) is 0. The zero-order chi connectivity index (χ0) is 17.7. The van der Waals surface area contributed by atoms with Crippen molar-refractivity contribution in [3.63, 3.8) is 0 Å². The number of unbranched alkanes of at least 4 members (excludes halogenated alkanes) is 1. The number of carbonyl (C=O) groups is 1. The molecule has 2 saturated carbocycles. The molecule has 0 saturated heterocycles. The fraction of sp³-hybridized carbons (Fsp3) is 0.950. The summed E-state index contributed by atoms with van der Waals surface area (Å²) in [5, 5.41) is 0. The van der Waals surface area contributed by atoms with Crippen LogP contribution in [0.25, 0.3) is 0 Å². The molecule has 0 amide bonds. The first-order valence-electron chi connectivity index (χ1n) is 9.81. The van der Waals surface area contributed by atoms with Crippen LogP contribution in [-0.4, -0.2) is 30.6 Å². The van der Waals surface area contributed by atoms with Gasteiger partial charge in [-0.3, -0.25) is 4.79 Å². The van der Waals surface area contributed by atoms with Gasteiger partial charge in [-0.1, -0.05) is 43.1 Å². The van der Waals surface area contributed by atoms with Gasteiger partial charge in [0.25, 0.3) is 0 Å². The molecule has 0 N–H and O–H groups in total. The monoisotopic (exact) mass is 402 g/mol. The largest absolute Gasteiger partial charge is 0.469 e. The summed E-state index contributed by atoms with van der Waals surface area (Å²) in [4.78, 5) is 12.8. The van der Waals surface area contributed by atoms with E-state index in [1.165, 1.54) is 20.0 Å². The first kappa shape index (κ1) is 20.2. The summed E-state index contributed by atoms with van der Waals surface area (Å²) in [5.74, 6) is 2.80. The predicted molar refractivity (Wildman–Crippen MR) is 101 cm³/mol. The van der Waals surface area contributed by atoms with E-state index in [0.29, 0.717) is 10.7 Å². The van der Waals surface area contributed by atoms with E-state index >= 15 is 0 Å². The fourth-order valence-electron chi connectivity index (χ4n) is 4.76. The molecule has 0 radical (unpaired) electrons. The van der Waals surface area contributed by atoms with Gasteiger partial charge in [0.05, 0.1) is 19.1 Å². The maximum Gasteiger partial charge on any atom is 0.311 e. The van der Waals surface area contributed by atoms with Crippen LogP contribution in [0.4, 0.5) is 0 Å². The lowest BCUT2D eigenvalue weighted by Crippen LogP contribution is -2.42. The topological polar surface area (TPSA) is 35.5 Å². The standard InChI is InChI=1S/C20H35BrO3/c1-5-6-9-24-19-12-15(7-8-16(19)20(22)23-4)17-10-14(3)18(21)11-13(17)2/h13-19H,5-12H2,1-4H3. The summed E-state index contributed by atoms with van der Waals surface area (Å²) in [6, 6.07) is 0. The first-order chi connectivity index (χ1) is 11.5. The Hall–Kier alpha value is -0.0900. The van der Waals surface area contributed by atoms with E-state index < -0.39 is 0 Å².